The van der Waals surface area contributed by atoms with Crippen molar-refractivity contribution in [2.24, 2.45) is 5.41 Å². The second kappa shape index (κ2) is 4.46. The van der Waals surface area contributed by atoms with Crippen LogP contribution in [0.5, 0.6) is 0 Å². The van der Waals surface area contributed by atoms with Crippen molar-refractivity contribution in [3.05, 3.63) is 22.8 Å². The normalized spacial score (nSPS) is 25.1. The summed E-state index contributed by atoms with van der Waals surface area (Å²) >= 11 is 1.51. The second-order valence-electron chi connectivity index (χ2n) is 4.21. The molecule has 0 aromatic carbocycles. The van der Waals surface area contributed by atoms with Crippen LogP contribution in [0, 0.1) is 16.7 Å². The third kappa shape index (κ3) is 2.18. The van der Waals surface area contributed by atoms with Crippen molar-refractivity contribution < 1.29 is 9.90 Å². The molecule has 2 rings (SSSR count). The number of carbonyl (C=O) groups is 1. The summed E-state index contributed by atoms with van der Waals surface area (Å²) in [7, 11) is 0. The maximum atomic E-state index is 11.1. The Balaban J connectivity index is 2.24. The first-order valence-electron chi connectivity index (χ1n) is 5.58. The van der Waals surface area contributed by atoms with Crippen molar-refractivity contribution in [2.45, 2.75) is 25.8 Å². The van der Waals surface area contributed by atoms with Crippen molar-refractivity contribution >= 4 is 17.7 Å². The first-order valence-corrected chi connectivity index (χ1v) is 6.56. The Hall–Kier alpha value is -1.41. The highest BCUT2D eigenvalue weighted by Gasteiger charge is 2.47. The van der Waals surface area contributed by atoms with E-state index in [0.717, 1.165) is 29.1 Å². The van der Waals surface area contributed by atoms with Crippen LogP contribution in [-0.2, 0) is 4.79 Å². The number of nitriles is 1. The lowest BCUT2D eigenvalue weighted by Crippen LogP contribution is -2.37. The molecule has 1 aliphatic heterocycles. The molecular weight excluding hydrogens is 236 g/mol. The second-order valence-corrected chi connectivity index (χ2v) is 5.55. The summed E-state index contributed by atoms with van der Waals surface area (Å²) in [5.41, 5.74) is 0.559. The summed E-state index contributed by atoms with van der Waals surface area (Å²) in [6.45, 7) is 1.99. The number of hydrogen-bond acceptors (Lipinski definition) is 4. The van der Waals surface area contributed by atoms with Crippen LogP contribution in [0.2, 0.25) is 0 Å². The third-order valence-electron chi connectivity index (χ3n) is 3.06. The molecule has 90 valence electrons. The fourth-order valence-electron chi connectivity index (χ4n) is 1.88. The lowest BCUT2D eigenvalue weighted by atomic mass is 9.95. The van der Waals surface area contributed by atoms with Gasteiger partial charge in [0.15, 0.2) is 6.04 Å². The number of hydrogen-bond donors (Lipinski definition) is 2. The average molecular weight is 250 g/mol. The highest BCUT2D eigenvalue weighted by molar-refractivity contribution is 8.03. The van der Waals surface area contributed by atoms with Crippen molar-refractivity contribution in [3.8, 4) is 6.07 Å². The van der Waals surface area contributed by atoms with Gasteiger partial charge in [0.2, 0.25) is 0 Å². The monoisotopic (exact) mass is 250 g/mol. The van der Waals surface area contributed by atoms with Gasteiger partial charge in [0.05, 0.1) is 11.5 Å². The maximum Gasteiger partial charge on any atom is 0.331 e. The first-order chi connectivity index (χ1) is 8.13. The molecule has 1 saturated carbocycles. The van der Waals surface area contributed by atoms with E-state index in [1.807, 2.05) is 13.0 Å². The highest BCUT2D eigenvalue weighted by atomic mass is 32.2. The number of dihydropyridines is 1. The minimum Gasteiger partial charge on any atom is -0.479 e. The number of carboxylic acid groups (broad SMARTS) is 1. The Bertz CT molecular complexity index is 444. The summed E-state index contributed by atoms with van der Waals surface area (Å²) in [5, 5.41) is 21.1. The van der Waals surface area contributed by atoms with Gasteiger partial charge >= 0.3 is 5.97 Å². The van der Waals surface area contributed by atoms with Crippen LogP contribution in [0.1, 0.15) is 19.8 Å². The fourth-order valence-corrected chi connectivity index (χ4v) is 2.76. The van der Waals surface area contributed by atoms with Crippen LogP contribution in [-0.4, -0.2) is 22.9 Å². The molecule has 1 fully saturated rings. The Morgan fingerprint density at radius 3 is 2.94 bits per heavy atom. The number of nitrogens with zero attached hydrogens (tertiary/aromatic N) is 1. The molecule has 1 unspecified atom stereocenters. The lowest BCUT2D eigenvalue weighted by molar-refractivity contribution is -0.138. The summed E-state index contributed by atoms with van der Waals surface area (Å²) in [4.78, 5) is 11.9. The zero-order valence-corrected chi connectivity index (χ0v) is 10.4. The number of nitrogens with one attached hydrogen (secondary N) is 1. The van der Waals surface area contributed by atoms with Crippen molar-refractivity contribution in [3.63, 3.8) is 0 Å². The fraction of sp³-hybridized carbons (Fsp3) is 0.500. The van der Waals surface area contributed by atoms with E-state index in [2.05, 4.69) is 11.4 Å². The van der Waals surface area contributed by atoms with E-state index < -0.39 is 12.0 Å². The Labute approximate surface area is 104 Å². The minimum atomic E-state index is -0.880. The summed E-state index contributed by atoms with van der Waals surface area (Å²) in [6, 6.07) is 1.65. The molecule has 2 N–H and O–H groups in total. The van der Waals surface area contributed by atoms with Gasteiger partial charge in [-0.25, -0.2) is 4.79 Å². The van der Waals surface area contributed by atoms with Crippen LogP contribution < -0.4 is 5.32 Å². The third-order valence-corrected chi connectivity index (χ3v) is 4.04. The standard InChI is InChI=1S/C12H14N2O2S/c1-2-17-9-5-8(12(7-13)3-4-12)6-14-10(9)11(15)16/h5-6,10,14H,2-4H2,1H3,(H,15,16). The van der Waals surface area contributed by atoms with Gasteiger partial charge in [0.25, 0.3) is 0 Å². The van der Waals surface area contributed by atoms with Gasteiger partial charge < -0.3 is 10.4 Å². The van der Waals surface area contributed by atoms with Gasteiger partial charge in [0, 0.05) is 11.1 Å². The highest BCUT2D eigenvalue weighted by Crippen LogP contribution is 2.52. The van der Waals surface area contributed by atoms with E-state index in [4.69, 9.17) is 10.4 Å². The van der Waals surface area contributed by atoms with Gasteiger partial charge in [-0.1, -0.05) is 6.92 Å². The SMILES string of the molecule is CCSC1=CC(C2(C#N)CC2)=CNC1C(=O)O. The van der Waals surface area contributed by atoms with Gasteiger partial charge in [-0.2, -0.15) is 5.26 Å². The molecule has 4 nitrogen and oxygen atoms in total. The molecule has 0 radical (unpaired) electrons. The maximum absolute atomic E-state index is 11.1. The molecule has 5 heteroatoms. The van der Waals surface area contributed by atoms with Crippen LogP contribution in [0.15, 0.2) is 22.8 Å². The zero-order chi connectivity index (χ0) is 12.5. The van der Waals surface area contributed by atoms with Crippen LogP contribution in [0.25, 0.3) is 0 Å². The van der Waals surface area contributed by atoms with E-state index in [9.17, 15) is 4.79 Å². The van der Waals surface area contributed by atoms with Gasteiger partial charge in [-0.05, 0) is 30.2 Å². The average Bonchev–Trinajstić information content (AvgIpc) is 3.10. The van der Waals surface area contributed by atoms with E-state index >= 15 is 0 Å². The minimum absolute atomic E-state index is 0.365. The first kappa shape index (κ1) is 12.1. The number of carboxylic acids is 1. The van der Waals surface area contributed by atoms with Crippen molar-refractivity contribution in [2.75, 3.05) is 5.75 Å². The van der Waals surface area contributed by atoms with Crippen molar-refractivity contribution in [1.29, 1.82) is 5.26 Å². The van der Waals surface area contributed by atoms with E-state index in [1.54, 1.807) is 6.20 Å². The van der Waals surface area contributed by atoms with Crippen LogP contribution in [0.3, 0.4) is 0 Å². The molecule has 0 amide bonds. The van der Waals surface area contributed by atoms with E-state index in [0.29, 0.717) is 0 Å². The lowest BCUT2D eigenvalue weighted by Gasteiger charge is -2.23. The predicted molar refractivity (Wildman–Crippen MR) is 66.1 cm³/mol. The number of aliphatic carboxylic acids is 1. The van der Waals surface area contributed by atoms with Gasteiger partial charge in [0.1, 0.15) is 0 Å². The smallest absolute Gasteiger partial charge is 0.331 e. The number of allylic oxidation sites excluding steroid dienone is 2. The zero-order valence-electron chi connectivity index (χ0n) is 9.56. The summed E-state index contributed by atoms with van der Waals surface area (Å²) in [6.07, 6.45) is 5.30. The molecule has 0 aromatic heterocycles. The number of thioether (sulfide) groups is 1. The van der Waals surface area contributed by atoms with Crippen LogP contribution >= 0.6 is 11.8 Å². The van der Waals surface area contributed by atoms with Crippen molar-refractivity contribution in [1.82, 2.24) is 5.32 Å². The molecule has 0 bridgehead atoms. The predicted octanol–water partition coefficient (Wildman–Crippen LogP) is 1.87. The Morgan fingerprint density at radius 2 is 2.47 bits per heavy atom. The topological polar surface area (TPSA) is 73.1 Å². The quantitative estimate of drug-likeness (QED) is 0.796. The summed E-state index contributed by atoms with van der Waals surface area (Å²) in [5.74, 6) is -0.0567. The largest absolute Gasteiger partial charge is 0.479 e. The molecule has 1 aliphatic carbocycles. The molecule has 0 saturated heterocycles. The molecule has 1 heterocycles. The van der Waals surface area contributed by atoms with E-state index in [-0.39, 0.29) is 5.41 Å². The molecule has 17 heavy (non-hydrogen) atoms. The van der Waals surface area contributed by atoms with Gasteiger partial charge in [-0.15, -0.1) is 11.8 Å². The molecule has 1 atom stereocenters. The van der Waals surface area contributed by atoms with E-state index in [1.165, 1.54) is 11.8 Å². The Kier molecular flexibility index (Phi) is 3.16. The molecule has 0 spiro atoms. The number of rotatable bonds is 4. The van der Waals surface area contributed by atoms with Crippen LogP contribution in [0.4, 0.5) is 0 Å². The van der Waals surface area contributed by atoms with Gasteiger partial charge in [-0.3, -0.25) is 0 Å². The summed E-state index contributed by atoms with van der Waals surface area (Å²) < 4.78 is 0. The molecule has 0 aromatic rings. The Morgan fingerprint density at radius 1 is 1.76 bits per heavy atom. The molecule has 2 aliphatic rings. The molecular formula is C12H14N2O2S.